The number of amides is 2. The minimum absolute atomic E-state index is 0.0897. The average Bonchev–Trinajstić information content (AvgIpc) is 3.48. The molecule has 24 heavy (non-hydrogen) atoms. The van der Waals surface area contributed by atoms with Gasteiger partial charge in [-0.15, -0.1) is 5.10 Å². The first-order valence-electron chi connectivity index (χ1n) is 8.59. The number of piperidine rings is 1. The molecule has 0 atom stereocenters. The number of hydrogen-bond donors (Lipinski definition) is 1. The molecule has 1 aliphatic carbocycles. The Morgan fingerprint density at radius 3 is 2.50 bits per heavy atom. The highest BCUT2D eigenvalue weighted by atomic mass is 16.2. The van der Waals surface area contributed by atoms with Crippen LogP contribution in [0.5, 0.6) is 0 Å². The molecule has 0 radical (unpaired) electrons. The Bertz CT molecular complexity index is 691. The first-order valence-corrected chi connectivity index (χ1v) is 8.59. The fourth-order valence-corrected chi connectivity index (χ4v) is 3.23. The number of carbonyl (C=O) groups is 1. The van der Waals surface area contributed by atoms with Crippen LogP contribution in [0.3, 0.4) is 0 Å². The minimum atomic E-state index is -0.0897. The number of aromatic nitrogens is 3. The Balaban J connectivity index is 1.31. The summed E-state index contributed by atoms with van der Waals surface area (Å²) in [4.78, 5) is 18.4. The highest BCUT2D eigenvalue weighted by Gasteiger charge is 2.26. The highest BCUT2D eigenvalue weighted by Crippen LogP contribution is 2.38. The van der Waals surface area contributed by atoms with Crippen LogP contribution < -0.4 is 5.32 Å². The van der Waals surface area contributed by atoms with E-state index in [9.17, 15) is 4.79 Å². The lowest BCUT2D eigenvalue weighted by atomic mass is 9.91. The van der Waals surface area contributed by atoms with Gasteiger partial charge in [-0.1, -0.05) is 6.07 Å². The van der Waals surface area contributed by atoms with Crippen LogP contribution in [0.4, 0.5) is 10.6 Å². The number of urea groups is 1. The predicted molar refractivity (Wildman–Crippen MR) is 90.8 cm³/mol. The normalized spacial score (nSPS) is 18.4. The van der Waals surface area contributed by atoms with E-state index in [-0.39, 0.29) is 6.03 Å². The van der Waals surface area contributed by atoms with Crippen LogP contribution in [0, 0.1) is 0 Å². The van der Waals surface area contributed by atoms with Crippen LogP contribution in [0.2, 0.25) is 0 Å². The van der Waals surface area contributed by atoms with Crippen molar-refractivity contribution in [2.75, 3.05) is 18.4 Å². The van der Waals surface area contributed by atoms with Gasteiger partial charge in [-0.3, -0.25) is 10.3 Å². The van der Waals surface area contributed by atoms with Gasteiger partial charge >= 0.3 is 6.03 Å². The van der Waals surface area contributed by atoms with E-state index in [1.807, 2.05) is 29.3 Å². The van der Waals surface area contributed by atoms with Crippen molar-refractivity contribution in [1.29, 1.82) is 0 Å². The Morgan fingerprint density at radius 2 is 1.88 bits per heavy atom. The van der Waals surface area contributed by atoms with E-state index in [0.29, 0.717) is 17.7 Å². The van der Waals surface area contributed by atoms with E-state index in [1.165, 1.54) is 18.4 Å². The number of nitrogens with one attached hydrogen (secondary N) is 1. The van der Waals surface area contributed by atoms with Crippen molar-refractivity contribution < 1.29 is 4.79 Å². The fraction of sp³-hybridized carbons (Fsp3) is 0.444. The molecule has 6 nitrogen and oxygen atoms in total. The van der Waals surface area contributed by atoms with Crippen molar-refractivity contribution >= 4 is 11.8 Å². The van der Waals surface area contributed by atoms with Crippen molar-refractivity contribution in [3.8, 4) is 0 Å². The zero-order valence-corrected chi connectivity index (χ0v) is 13.6. The largest absolute Gasteiger partial charge is 0.324 e. The van der Waals surface area contributed by atoms with Crippen LogP contribution in [-0.4, -0.2) is 39.2 Å². The molecule has 2 aromatic rings. The van der Waals surface area contributed by atoms with E-state index in [4.69, 9.17) is 0 Å². The third kappa shape index (κ3) is 3.37. The zero-order valence-electron chi connectivity index (χ0n) is 13.6. The number of anilines is 1. The van der Waals surface area contributed by atoms with E-state index < -0.39 is 0 Å². The summed E-state index contributed by atoms with van der Waals surface area (Å²) in [5, 5.41) is 11.2. The molecular weight excluding hydrogens is 302 g/mol. The molecule has 0 spiro atoms. The summed E-state index contributed by atoms with van der Waals surface area (Å²) < 4.78 is 0. The molecule has 0 bridgehead atoms. The Morgan fingerprint density at radius 1 is 1.04 bits per heavy atom. The van der Waals surface area contributed by atoms with Gasteiger partial charge < -0.3 is 4.90 Å². The summed E-state index contributed by atoms with van der Waals surface area (Å²) in [6.07, 6.45) is 8.05. The molecule has 2 aliphatic rings. The molecule has 2 fully saturated rings. The standard InChI is InChI=1S/C18H21N5O/c24-18(20-17-6-5-16(21-22-17)14-3-4-14)23-10-7-13(8-11-23)15-2-1-9-19-12-15/h1-2,5-6,9,12-14H,3-4,7-8,10-11H2,(H,20,22,24). The van der Waals surface area contributed by atoms with Crippen molar-refractivity contribution in [2.45, 2.75) is 37.5 Å². The summed E-state index contributed by atoms with van der Waals surface area (Å²) in [5.74, 6) is 1.59. The minimum Gasteiger partial charge on any atom is -0.324 e. The summed E-state index contributed by atoms with van der Waals surface area (Å²) in [7, 11) is 0. The third-order valence-electron chi connectivity index (χ3n) is 4.85. The second-order valence-corrected chi connectivity index (χ2v) is 6.60. The predicted octanol–water partition coefficient (Wildman–Crippen LogP) is 3.16. The van der Waals surface area contributed by atoms with Crippen LogP contribution in [0.25, 0.3) is 0 Å². The summed E-state index contributed by atoms with van der Waals surface area (Å²) in [6.45, 7) is 1.50. The SMILES string of the molecule is O=C(Nc1ccc(C2CC2)nn1)N1CCC(c2cccnc2)CC1. The van der Waals surface area contributed by atoms with Crippen molar-refractivity contribution in [2.24, 2.45) is 0 Å². The third-order valence-corrected chi connectivity index (χ3v) is 4.85. The quantitative estimate of drug-likeness (QED) is 0.942. The first-order chi connectivity index (χ1) is 11.8. The Hall–Kier alpha value is -2.50. The lowest BCUT2D eigenvalue weighted by molar-refractivity contribution is 0.194. The first kappa shape index (κ1) is 15.1. The molecule has 2 aromatic heterocycles. The number of rotatable bonds is 3. The van der Waals surface area contributed by atoms with Crippen molar-refractivity contribution in [3.05, 3.63) is 47.9 Å². The molecule has 6 heteroatoms. The molecule has 1 N–H and O–H groups in total. The summed E-state index contributed by atoms with van der Waals surface area (Å²) in [6, 6.07) is 7.81. The number of nitrogens with zero attached hydrogens (tertiary/aromatic N) is 4. The van der Waals surface area contributed by atoms with Gasteiger partial charge in [-0.2, -0.15) is 5.10 Å². The molecule has 0 unspecified atom stereocenters. The molecule has 4 rings (SSSR count). The number of hydrogen-bond acceptors (Lipinski definition) is 4. The van der Waals surface area contributed by atoms with Gasteiger partial charge in [0.25, 0.3) is 0 Å². The van der Waals surface area contributed by atoms with E-state index >= 15 is 0 Å². The molecule has 0 aromatic carbocycles. The highest BCUT2D eigenvalue weighted by molar-refractivity contribution is 5.88. The van der Waals surface area contributed by atoms with Gasteiger partial charge in [-0.25, -0.2) is 4.79 Å². The summed E-state index contributed by atoms with van der Waals surface area (Å²) >= 11 is 0. The molecular formula is C18H21N5O. The Kier molecular flexibility index (Phi) is 4.11. The van der Waals surface area contributed by atoms with Gasteiger partial charge in [0.2, 0.25) is 0 Å². The van der Waals surface area contributed by atoms with Gasteiger partial charge in [-0.05, 0) is 55.4 Å². The lowest BCUT2D eigenvalue weighted by Gasteiger charge is -2.31. The summed E-state index contributed by atoms with van der Waals surface area (Å²) in [5.41, 5.74) is 2.30. The second kappa shape index (κ2) is 6.55. The van der Waals surface area contributed by atoms with Crippen molar-refractivity contribution in [3.63, 3.8) is 0 Å². The monoisotopic (exact) mass is 323 g/mol. The van der Waals surface area contributed by atoms with E-state index in [0.717, 1.165) is 31.6 Å². The number of pyridine rings is 1. The molecule has 3 heterocycles. The van der Waals surface area contributed by atoms with Gasteiger partial charge in [0.1, 0.15) is 0 Å². The Labute approximate surface area is 141 Å². The maximum absolute atomic E-state index is 12.4. The van der Waals surface area contributed by atoms with Crippen LogP contribution in [0.15, 0.2) is 36.7 Å². The molecule has 1 saturated heterocycles. The smallest absolute Gasteiger partial charge is 0.323 e. The second-order valence-electron chi connectivity index (χ2n) is 6.60. The molecule has 124 valence electrons. The van der Waals surface area contributed by atoms with Gasteiger partial charge in [0.15, 0.2) is 5.82 Å². The zero-order chi connectivity index (χ0) is 16.4. The van der Waals surface area contributed by atoms with Gasteiger partial charge in [0, 0.05) is 31.4 Å². The lowest BCUT2D eigenvalue weighted by Crippen LogP contribution is -2.40. The average molecular weight is 323 g/mol. The maximum atomic E-state index is 12.4. The van der Waals surface area contributed by atoms with Crippen LogP contribution in [0.1, 0.15) is 48.8 Å². The fourth-order valence-electron chi connectivity index (χ4n) is 3.23. The maximum Gasteiger partial charge on any atom is 0.323 e. The van der Waals surface area contributed by atoms with Crippen LogP contribution in [-0.2, 0) is 0 Å². The van der Waals surface area contributed by atoms with E-state index in [2.05, 4.69) is 26.6 Å². The number of likely N-dealkylation sites (tertiary alicyclic amines) is 1. The molecule has 1 aliphatic heterocycles. The van der Waals surface area contributed by atoms with Crippen molar-refractivity contribution in [1.82, 2.24) is 20.1 Å². The molecule has 1 saturated carbocycles. The number of carbonyl (C=O) groups excluding carboxylic acids is 1. The van der Waals surface area contributed by atoms with Gasteiger partial charge in [0.05, 0.1) is 5.69 Å². The van der Waals surface area contributed by atoms with Crippen LogP contribution >= 0.6 is 0 Å². The van der Waals surface area contributed by atoms with E-state index in [1.54, 1.807) is 6.20 Å². The molecule has 2 amide bonds. The topological polar surface area (TPSA) is 71.0 Å².